The van der Waals surface area contributed by atoms with E-state index in [4.69, 9.17) is 9.97 Å². The van der Waals surface area contributed by atoms with Gasteiger partial charge in [0.15, 0.2) is 0 Å². The third kappa shape index (κ3) is 3.46. The van der Waals surface area contributed by atoms with Crippen molar-refractivity contribution in [1.82, 2.24) is 9.97 Å². The third-order valence-electron chi connectivity index (χ3n) is 3.52. The Kier molecular flexibility index (Phi) is 3.87. The van der Waals surface area contributed by atoms with Gasteiger partial charge in [-0.15, -0.1) is 0 Å². The van der Waals surface area contributed by atoms with Gasteiger partial charge in [-0.2, -0.15) is 0 Å². The molecule has 1 aromatic heterocycles. The van der Waals surface area contributed by atoms with Crippen LogP contribution in [0.25, 0.3) is 11.0 Å². The van der Waals surface area contributed by atoms with Crippen molar-refractivity contribution in [3.05, 3.63) is 35.7 Å². The van der Waals surface area contributed by atoms with Gasteiger partial charge in [0.05, 0.1) is 28.8 Å². The Morgan fingerprint density at radius 2 is 1.48 bits per heavy atom. The number of para-hydroxylation sites is 2. The van der Waals surface area contributed by atoms with Crippen molar-refractivity contribution in [3.63, 3.8) is 0 Å². The van der Waals surface area contributed by atoms with E-state index in [2.05, 4.69) is 20.8 Å². The highest BCUT2D eigenvalue weighted by Gasteiger charge is 2.27. The van der Waals surface area contributed by atoms with Crippen LogP contribution in [0.1, 0.15) is 52.9 Å². The number of rotatable bonds is 2. The van der Waals surface area contributed by atoms with Gasteiger partial charge in [-0.05, 0) is 12.1 Å². The zero-order valence-corrected chi connectivity index (χ0v) is 13.8. The molecule has 0 fully saturated rings. The molecule has 0 unspecified atom stereocenters. The summed E-state index contributed by atoms with van der Waals surface area (Å²) in [6.45, 7) is 12.2. The van der Waals surface area contributed by atoms with Crippen LogP contribution in [0, 0.1) is 5.41 Å². The third-order valence-corrected chi connectivity index (χ3v) is 3.52. The number of fused-ring (bicyclic) bond motifs is 1. The first-order valence-corrected chi connectivity index (χ1v) is 7.38. The summed E-state index contributed by atoms with van der Waals surface area (Å²) in [5, 5.41) is 0. The van der Waals surface area contributed by atoms with Crippen LogP contribution >= 0.6 is 0 Å². The van der Waals surface area contributed by atoms with Crippen molar-refractivity contribution in [2.75, 3.05) is 0 Å². The normalized spacial score (nSPS) is 12.7. The predicted octanol–water partition coefficient (Wildman–Crippen LogP) is 4.09. The number of benzene rings is 1. The Morgan fingerprint density at radius 1 is 0.952 bits per heavy atom. The molecule has 2 aromatic rings. The van der Waals surface area contributed by atoms with E-state index in [1.165, 1.54) is 0 Å². The number of ketones is 1. The van der Waals surface area contributed by atoms with Crippen LogP contribution in [0.2, 0.25) is 0 Å². The average Bonchev–Trinajstić information content (AvgIpc) is 2.35. The lowest BCUT2D eigenvalue weighted by Crippen LogP contribution is -2.26. The highest BCUT2D eigenvalue weighted by molar-refractivity contribution is 5.86. The van der Waals surface area contributed by atoms with Crippen LogP contribution in [0.4, 0.5) is 0 Å². The second-order valence-electron chi connectivity index (χ2n) is 7.61. The molecule has 1 heterocycles. The van der Waals surface area contributed by atoms with Crippen molar-refractivity contribution >= 4 is 16.8 Å². The van der Waals surface area contributed by atoms with Crippen molar-refractivity contribution in [2.24, 2.45) is 5.41 Å². The van der Waals surface area contributed by atoms with Crippen LogP contribution in [0.5, 0.6) is 0 Å². The molecule has 1 aromatic carbocycles. The first-order chi connectivity index (χ1) is 9.59. The van der Waals surface area contributed by atoms with Crippen LogP contribution in [-0.2, 0) is 16.6 Å². The number of carbonyl (C=O) groups excluding carboxylic acids is 1. The van der Waals surface area contributed by atoms with Crippen molar-refractivity contribution in [1.29, 1.82) is 0 Å². The Labute approximate surface area is 126 Å². The van der Waals surface area contributed by atoms with Crippen LogP contribution in [0.3, 0.4) is 0 Å². The zero-order chi connectivity index (χ0) is 15.8. The van der Waals surface area contributed by atoms with E-state index in [-0.39, 0.29) is 16.6 Å². The van der Waals surface area contributed by atoms with Crippen molar-refractivity contribution in [2.45, 2.75) is 53.4 Å². The second kappa shape index (κ2) is 5.21. The summed E-state index contributed by atoms with van der Waals surface area (Å²) >= 11 is 0. The molecule has 0 radical (unpaired) electrons. The maximum Gasteiger partial charge on any atom is 0.144 e. The van der Waals surface area contributed by atoms with E-state index in [0.717, 1.165) is 22.4 Å². The minimum Gasteiger partial charge on any atom is -0.299 e. The Bertz CT molecular complexity index is 676. The average molecular weight is 284 g/mol. The van der Waals surface area contributed by atoms with Gasteiger partial charge < -0.3 is 0 Å². The fraction of sp³-hybridized carbons (Fsp3) is 0.500. The number of hydrogen-bond donors (Lipinski definition) is 0. The smallest absolute Gasteiger partial charge is 0.144 e. The largest absolute Gasteiger partial charge is 0.299 e. The Hall–Kier alpha value is -1.77. The summed E-state index contributed by atoms with van der Waals surface area (Å²) in [5.41, 5.74) is 2.96. The molecule has 3 heteroatoms. The van der Waals surface area contributed by atoms with Crippen LogP contribution in [-0.4, -0.2) is 15.8 Å². The molecule has 0 atom stereocenters. The molecule has 2 rings (SSSR count). The van der Waals surface area contributed by atoms with Gasteiger partial charge in [0.1, 0.15) is 5.78 Å². The summed E-state index contributed by atoms with van der Waals surface area (Å²) in [7, 11) is 0. The summed E-state index contributed by atoms with van der Waals surface area (Å²) < 4.78 is 0. The summed E-state index contributed by atoms with van der Waals surface area (Å²) in [5.74, 6) is 0.192. The molecule has 0 aliphatic rings. The molecular weight excluding hydrogens is 260 g/mol. The highest BCUT2D eigenvalue weighted by atomic mass is 16.1. The lowest BCUT2D eigenvalue weighted by Gasteiger charge is -2.23. The lowest BCUT2D eigenvalue weighted by molar-refractivity contribution is -0.125. The van der Waals surface area contributed by atoms with Crippen LogP contribution in [0.15, 0.2) is 24.3 Å². The van der Waals surface area contributed by atoms with E-state index in [1.807, 2.05) is 45.0 Å². The molecular formula is C18H24N2O. The molecule has 0 aliphatic carbocycles. The number of hydrogen-bond acceptors (Lipinski definition) is 3. The summed E-state index contributed by atoms with van der Waals surface area (Å²) in [4.78, 5) is 21.9. The van der Waals surface area contributed by atoms with Crippen molar-refractivity contribution in [3.8, 4) is 0 Å². The molecule has 0 N–H and O–H groups in total. The van der Waals surface area contributed by atoms with E-state index in [1.54, 1.807) is 0 Å². The van der Waals surface area contributed by atoms with Gasteiger partial charge in [0.25, 0.3) is 0 Å². The molecule has 0 saturated heterocycles. The molecule has 0 spiro atoms. The minimum atomic E-state index is -0.359. The molecule has 0 aliphatic heterocycles. The van der Waals surface area contributed by atoms with Gasteiger partial charge in [-0.1, -0.05) is 53.7 Å². The fourth-order valence-corrected chi connectivity index (χ4v) is 2.18. The monoisotopic (exact) mass is 284 g/mol. The number of carbonyl (C=O) groups is 1. The standard InChI is InChI=1S/C18H24N2O/c1-17(2,3)15(21)11-14-16(18(4,5)6)20-13-10-8-7-9-12(13)19-14/h7-10H,11H2,1-6H3. The van der Waals surface area contributed by atoms with Crippen LogP contribution < -0.4 is 0 Å². The maximum absolute atomic E-state index is 12.4. The lowest BCUT2D eigenvalue weighted by atomic mass is 9.84. The SMILES string of the molecule is CC(C)(C)C(=O)Cc1nc2ccccc2nc1C(C)(C)C. The molecule has 3 nitrogen and oxygen atoms in total. The van der Waals surface area contributed by atoms with Gasteiger partial charge >= 0.3 is 0 Å². The summed E-state index contributed by atoms with van der Waals surface area (Å²) in [6, 6.07) is 7.82. The number of aromatic nitrogens is 2. The zero-order valence-electron chi connectivity index (χ0n) is 13.8. The topological polar surface area (TPSA) is 42.9 Å². The van der Waals surface area contributed by atoms with E-state index in [0.29, 0.717) is 6.42 Å². The molecule has 112 valence electrons. The quantitative estimate of drug-likeness (QED) is 0.834. The molecule has 0 saturated carbocycles. The Balaban J connectivity index is 2.57. The number of Topliss-reactive ketones (excluding diaryl/α,β-unsaturated/α-hetero) is 1. The fourth-order valence-electron chi connectivity index (χ4n) is 2.18. The Morgan fingerprint density at radius 3 is 1.95 bits per heavy atom. The van der Waals surface area contributed by atoms with Crippen molar-refractivity contribution < 1.29 is 4.79 Å². The predicted molar refractivity (Wildman–Crippen MR) is 86.4 cm³/mol. The van der Waals surface area contributed by atoms with E-state index < -0.39 is 0 Å². The van der Waals surface area contributed by atoms with Gasteiger partial charge in [-0.3, -0.25) is 4.79 Å². The van der Waals surface area contributed by atoms with Gasteiger partial charge in [-0.25, -0.2) is 9.97 Å². The first-order valence-electron chi connectivity index (χ1n) is 7.38. The van der Waals surface area contributed by atoms with Gasteiger partial charge in [0, 0.05) is 10.8 Å². The van der Waals surface area contributed by atoms with E-state index in [9.17, 15) is 4.79 Å². The summed E-state index contributed by atoms with van der Waals surface area (Å²) in [6.07, 6.45) is 0.341. The second-order valence-corrected chi connectivity index (χ2v) is 7.61. The highest BCUT2D eigenvalue weighted by Crippen LogP contribution is 2.27. The molecule has 21 heavy (non-hydrogen) atoms. The molecule has 0 amide bonds. The van der Waals surface area contributed by atoms with E-state index >= 15 is 0 Å². The molecule has 0 bridgehead atoms. The van der Waals surface area contributed by atoms with Gasteiger partial charge in [0.2, 0.25) is 0 Å². The first kappa shape index (κ1) is 15.6. The number of nitrogens with zero attached hydrogens (tertiary/aromatic N) is 2. The maximum atomic E-state index is 12.4. The minimum absolute atomic E-state index is 0.134.